The third-order valence-corrected chi connectivity index (χ3v) is 9.98. The molecule has 4 atom stereocenters. The summed E-state index contributed by atoms with van der Waals surface area (Å²) < 4.78 is 9.90. The molecule has 0 radical (unpaired) electrons. The minimum Gasteiger partial charge on any atom is -0.460 e. The zero-order chi connectivity index (χ0) is 32.4. The first kappa shape index (κ1) is 31.7. The van der Waals surface area contributed by atoms with Crippen molar-refractivity contribution in [3.8, 4) is 0 Å². The number of nitro groups is 1. The third-order valence-electron chi connectivity index (χ3n) is 7.67. The molecule has 1 aromatic heterocycles. The van der Waals surface area contributed by atoms with Crippen LogP contribution in [0.1, 0.15) is 36.5 Å². The van der Waals surface area contributed by atoms with E-state index in [4.69, 9.17) is 9.47 Å². The lowest BCUT2D eigenvalue weighted by Crippen LogP contribution is -2.80. The number of thioether (sulfide) groups is 1. The maximum atomic E-state index is 13.6. The summed E-state index contributed by atoms with van der Waals surface area (Å²) in [6, 6.07) is 14.8. The summed E-state index contributed by atoms with van der Waals surface area (Å²) in [5.41, 5.74) is -0.424. The van der Waals surface area contributed by atoms with Crippen molar-refractivity contribution in [2.45, 2.75) is 54.8 Å². The summed E-state index contributed by atoms with van der Waals surface area (Å²) in [6.45, 7) is 3.05. The predicted octanol–water partition coefficient (Wildman–Crippen LogP) is 2.85. The molecule has 2 fully saturated rings. The van der Waals surface area contributed by atoms with Crippen LogP contribution in [0.25, 0.3) is 0 Å². The minimum atomic E-state index is -1.85. The van der Waals surface area contributed by atoms with Gasteiger partial charge in [-0.25, -0.2) is 4.79 Å². The highest BCUT2D eigenvalue weighted by molar-refractivity contribution is 8.01. The van der Waals surface area contributed by atoms with Crippen LogP contribution in [0.4, 0.5) is 5.69 Å². The van der Waals surface area contributed by atoms with Crippen LogP contribution in [0.3, 0.4) is 0 Å². The maximum absolute atomic E-state index is 13.6. The first-order valence-electron chi connectivity index (χ1n) is 13.7. The number of fused-ring (bicyclic) bond motifs is 1. The van der Waals surface area contributed by atoms with Crippen molar-refractivity contribution >= 4 is 58.9 Å². The van der Waals surface area contributed by atoms with Gasteiger partial charge in [-0.2, -0.15) is 11.3 Å². The second kappa shape index (κ2) is 12.7. The number of thiophene rings is 1. The van der Waals surface area contributed by atoms with E-state index in [0.717, 1.165) is 0 Å². The number of hydrogen-bond donors (Lipinski definition) is 2. The van der Waals surface area contributed by atoms with Gasteiger partial charge >= 0.3 is 11.9 Å². The number of benzene rings is 2. The molecule has 13 nitrogen and oxygen atoms in total. The van der Waals surface area contributed by atoms with Gasteiger partial charge in [0, 0.05) is 12.1 Å². The summed E-state index contributed by atoms with van der Waals surface area (Å²) >= 11 is 2.47. The lowest BCUT2D eigenvalue weighted by molar-refractivity contribution is -0.384. The van der Waals surface area contributed by atoms with Gasteiger partial charge in [-0.05, 0) is 59.5 Å². The van der Waals surface area contributed by atoms with Gasteiger partial charge in [0.25, 0.3) is 11.6 Å². The molecule has 2 saturated heterocycles. The van der Waals surface area contributed by atoms with E-state index in [1.807, 2.05) is 6.07 Å². The fourth-order valence-electron chi connectivity index (χ4n) is 5.33. The number of nitrogens with zero attached hydrogens (tertiary/aromatic N) is 2. The Morgan fingerprint density at radius 1 is 1.04 bits per heavy atom. The molecule has 15 heteroatoms. The molecule has 2 aliphatic heterocycles. The minimum absolute atomic E-state index is 0.0835. The van der Waals surface area contributed by atoms with Crippen LogP contribution < -0.4 is 10.6 Å². The molecule has 0 aliphatic carbocycles. The molecular weight excluding hydrogens is 624 g/mol. The summed E-state index contributed by atoms with van der Waals surface area (Å²) in [5.74, 6) is -4.55. The van der Waals surface area contributed by atoms with Gasteiger partial charge in [0.15, 0.2) is 5.92 Å². The first-order chi connectivity index (χ1) is 21.5. The van der Waals surface area contributed by atoms with Crippen LogP contribution in [0.2, 0.25) is 0 Å². The molecule has 2 N–H and O–H groups in total. The lowest BCUT2D eigenvalue weighted by Gasteiger charge is -2.49. The Morgan fingerprint density at radius 3 is 2.33 bits per heavy atom. The Morgan fingerprint density at radius 2 is 1.71 bits per heavy atom. The van der Waals surface area contributed by atoms with E-state index in [1.165, 1.54) is 52.3 Å². The van der Waals surface area contributed by atoms with Gasteiger partial charge < -0.3 is 20.1 Å². The normalized spacial score (nSPS) is 21.9. The van der Waals surface area contributed by atoms with Crippen molar-refractivity contribution in [1.82, 2.24) is 15.5 Å². The molecule has 3 heterocycles. The van der Waals surface area contributed by atoms with E-state index in [1.54, 1.807) is 54.9 Å². The number of nitrogens with one attached hydrogen (secondary N) is 2. The second-order valence-electron chi connectivity index (χ2n) is 10.8. The number of rotatable bonds is 12. The highest BCUT2D eigenvalue weighted by Gasteiger charge is 2.74. The van der Waals surface area contributed by atoms with Crippen molar-refractivity contribution in [2.24, 2.45) is 0 Å². The summed E-state index contributed by atoms with van der Waals surface area (Å²) in [5, 5.41) is 18.6. The average Bonchev–Trinajstić information content (AvgIpc) is 3.62. The van der Waals surface area contributed by atoms with E-state index in [2.05, 4.69) is 10.6 Å². The third kappa shape index (κ3) is 5.88. The van der Waals surface area contributed by atoms with Gasteiger partial charge in [-0.3, -0.25) is 34.2 Å². The molecule has 3 amide bonds. The zero-order valence-electron chi connectivity index (χ0n) is 24.0. The maximum Gasteiger partial charge on any atom is 0.355 e. The van der Waals surface area contributed by atoms with Gasteiger partial charge in [-0.1, -0.05) is 30.3 Å². The fraction of sp³-hybridized carbons (Fsp3) is 0.300. The molecule has 0 spiro atoms. The smallest absolute Gasteiger partial charge is 0.355 e. The standard InChI is InChI=1S/C30H28N4O9S2/c1-29(2)30(31-17-35,28(39)43-15-18-6-4-3-5-7-18)33-25(37)23(26(33)45-29)32-24(36)22(20-12-13-44-16-20)27(38)42-14-19-8-10-21(11-9-19)34(40)41/h3-13,16-17,22-23,26H,14-15H2,1-2H3,(H,31,35)(H,32,36)/t22?,23-,26-,30+/m1/s1. The number of ether oxygens (including phenoxy) is 2. The highest BCUT2D eigenvalue weighted by Crippen LogP contribution is 2.56. The number of hydrogen-bond acceptors (Lipinski definition) is 11. The molecule has 0 saturated carbocycles. The number of carbonyl (C=O) groups is 5. The quantitative estimate of drug-likeness (QED) is 0.0740. The Bertz CT molecular complexity index is 1620. The van der Waals surface area contributed by atoms with Crippen molar-refractivity contribution in [3.63, 3.8) is 0 Å². The monoisotopic (exact) mass is 652 g/mol. The Hall–Kier alpha value is -4.76. The van der Waals surface area contributed by atoms with Crippen molar-refractivity contribution in [1.29, 1.82) is 0 Å². The molecule has 234 valence electrons. The van der Waals surface area contributed by atoms with E-state index in [0.29, 0.717) is 23.1 Å². The average molecular weight is 653 g/mol. The summed E-state index contributed by atoms with van der Waals surface area (Å²) in [4.78, 5) is 77.2. The van der Waals surface area contributed by atoms with E-state index >= 15 is 0 Å². The van der Waals surface area contributed by atoms with Gasteiger partial charge in [0.2, 0.25) is 18.0 Å². The second-order valence-corrected chi connectivity index (χ2v) is 13.3. The lowest BCUT2D eigenvalue weighted by atomic mass is 9.88. The number of esters is 2. The van der Waals surface area contributed by atoms with Crippen LogP contribution in [0.5, 0.6) is 0 Å². The zero-order valence-corrected chi connectivity index (χ0v) is 25.7. The molecule has 3 aromatic rings. The van der Waals surface area contributed by atoms with Gasteiger partial charge in [0.1, 0.15) is 24.6 Å². The fourth-order valence-corrected chi connectivity index (χ4v) is 7.72. The Labute approximate surface area is 265 Å². The Balaban J connectivity index is 1.31. The molecule has 5 rings (SSSR count). The molecule has 45 heavy (non-hydrogen) atoms. The SMILES string of the molecule is CC1(C)S[C@@H]2[C@H](NC(=O)C(C(=O)OCc3ccc([N+](=O)[O-])cc3)c3ccsc3)C(=O)N2[C@@]1(NC=O)C(=O)OCc1ccccc1. The summed E-state index contributed by atoms with van der Waals surface area (Å²) in [6.07, 6.45) is 0.335. The largest absolute Gasteiger partial charge is 0.460 e. The van der Waals surface area contributed by atoms with Crippen LogP contribution in [-0.2, 0) is 46.7 Å². The number of carbonyl (C=O) groups excluding carboxylic acids is 5. The van der Waals surface area contributed by atoms with E-state index < -0.39 is 56.4 Å². The van der Waals surface area contributed by atoms with E-state index in [-0.39, 0.29) is 18.9 Å². The first-order valence-corrected chi connectivity index (χ1v) is 15.5. The Kier molecular flexibility index (Phi) is 8.93. The van der Waals surface area contributed by atoms with Crippen LogP contribution in [0.15, 0.2) is 71.4 Å². The molecule has 1 unspecified atom stereocenters. The molecule has 0 bridgehead atoms. The number of β-lactam (4-membered cyclic amide) rings is 1. The van der Waals surface area contributed by atoms with Crippen molar-refractivity contribution in [3.05, 3.63) is 98.2 Å². The molecule has 2 aliphatic rings. The van der Waals surface area contributed by atoms with Crippen LogP contribution >= 0.6 is 23.1 Å². The van der Waals surface area contributed by atoms with E-state index in [9.17, 15) is 34.1 Å². The van der Waals surface area contributed by atoms with Gasteiger partial charge in [-0.15, -0.1) is 11.8 Å². The topological polar surface area (TPSA) is 174 Å². The van der Waals surface area contributed by atoms with Crippen molar-refractivity contribution in [2.75, 3.05) is 0 Å². The van der Waals surface area contributed by atoms with Crippen LogP contribution in [0, 0.1) is 10.1 Å². The number of non-ortho nitro benzene ring substituents is 1. The summed E-state index contributed by atoms with van der Waals surface area (Å²) in [7, 11) is 0. The predicted molar refractivity (Wildman–Crippen MR) is 162 cm³/mol. The highest BCUT2D eigenvalue weighted by atomic mass is 32.2. The number of nitro benzene ring substituents is 1. The van der Waals surface area contributed by atoms with Gasteiger partial charge in [0.05, 0.1) is 9.67 Å². The van der Waals surface area contributed by atoms with Crippen molar-refractivity contribution < 1.29 is 38.4 Å². The molecular formula is C30H28N4O9S2. The molecule has 2 aromatic carbocycles. The number of amides is 3. The van der Waals surface area contributed by atoms with Crippen LogP contribution in [-0.4, -0.2) is 61.8 Å².